The smallest absolute Gasteiger partial charge is 0.227 e. The molecular weight excluding hydrogens is 603 g/mol. The fourth-order valence-electron chi connectivity index (χ4n) is 9.25. The molecule has 0 fully saturated rings. The summed E-state index contributed by atoms with van der Waals surface area (Å²) < 4.78 is 11.9. The molecule has 4 nitrogen and oxygen atoms in total. The summed E-state index contributed by atoms with van der Waals surface area (Å²) in [6, 6.07) is 23.2. The molecule has 9 rings (SSSR count). The van der Waals surface area contributed by atoms with Gasteiger partial charge in [-0.3, -0.25) is 0 Å². The van der Waals surface area contributed by atoms with Gasteiger partial charge in [-0.1, -0.05) is 56.9 Å². The molecule has 6 heterocycles. The summed E-state index contributed by atoms with van der Waals surface area (Å²) in [7, 11) is -1.59. The number of furan rings is 1. The van der Waals surface area contributed by atoms with Crippen LogP contribution in [0.3, 0.4) is 0 Å². The van der Waals surface area contributed by atoms with Gasteiger partial charge in [0.05, 0.1) is 20.1 Å². The number of hydrogen-bond acceptors (Lipinski definition) is 2. The van der Waals surface area contributed by atoms with E-state index < -0.39 is 8.07 Å². The Morgan fingerprint density at radius 3 is 2.65 bits per heavy atom. The molecular formula is C43H45N3OSi+2. The lowest BCUT2D eigenvalue weighted by Gasteiger charge is -2.33. The highest BCUT2D eigenvalue weighted by molar-refractivity contribution is 6.89. The van der Waals surface area contributed by atoms with Crippen LogP contribution in [0.15, 0.2) is 90.3 Å². The Bertz CT molecular complexity index is 2290. The first-order valence-electron chi connectivity index (χ1n) is 18.0. The summed E-state index contributed by atoms with van der Waals surface area (Å²) in [5, 5.41) is 3.82. The minimum atomic E-state index is -1.59. The van der Waals surface area contributed by atoms with Crippen LogP contribution in [0.25, 0.3) is 50.3 Å². The van der Waals surface area contributed by atoms with Crippen molar-refractivity contribution in [1.29, 1.82) is 0 Å². The van der Waals surface area contributed by atoms with Gasteiger partial charge in [0.15, 0.2) is 29.7 Å². The van der Waals surface area contributed by atoms with Gasteiger partial charge in [-0.25, -0.2) is 4.98 Å². The largest absolute Gasteiger partial charge is 0.437 e. The standard InChI is InChI=1S/C43H45N3OSi/c1-6-28-25-38-33-15-10-9-14-32(33)34-19-17-30-18-20-35-36-16-11-22-44-43(36)47-42(35)40(30)41-31-13-8-7-12-29(31)21-23-45(41)27(2)24-37(34)46(38)26-39(28)48(3,4)5/h9-11,14-16,18,20-23,25-26,34,37H,2,6-8,12-13,17,19,24H2,1,3-5H3/q+2. The molecule has 240 valence electrons. The predicted molar refractivity (Wildman–Crippen MR) is 198 cm³/mol. The fraction of sp³-hybridized carbons (Fsp3) is 0.326. The van der Waals surface area contributed by atoms with Gasteiger partial charge >= 0.3 is 0 Å². The second kappa shape index (κ2) is 11.1. The highest BCUT2D eigenvalue weighted by Gasteiger charge is 2.44. The van der Waals surface area contributed by atoms with Crippen molar-refractivity contribution in [3.8, 4) is 22.5 Å². The van der Waals surface area contributed by atoms with Gasteiger partial charge in [-0.05, 0) is 92.0 Å². The molecule has 6 aromatic rings. The number of fused-ring (bicyclic) bond motifs is 15. The number of allylic oxidation sites excluding steroid dienone is 1. The molecule has 2 aromatic carbocycles. The van der Waals surface area contributed by atoms with E-state index in [1.54, 1.807) is 5.19 Å². The molecule has 2 atom stereocenters. The highest BCUT2D eigenvalue weighted by atomic mass is 28.3. The van der Waals surface area contributed by atoms with Gasteiger partial charge in [0, 0.05) is 51.3 Å². The molecule has 4 aromatic heterocycles. The molecule has 0 N–H and O–H groups in total. The second-order valence-electron chi connectivity index (χ2n) is 15.4. The van der Waals surface area contributed by atoms with Gasteiger partial charge in [0.1, 0.15) is 0 Å². The molecule has 0 saturated heterocycles. The van der Waals surface area contributed by atoms with Gasteiger partial charge < -0.3 is 4.42 Å². The van der Waals surface area contributed by atoms with Crippen LogP contribution < -0.4 is 14.3 Å². The molecule has 3 aliphatic rings. The van der Waals surface area contributed by atoms with Crippen molar-refractivity contribution in [2.45, 2.75) is 89.9 Å². The Kier molecular flexibility index (Phi) is 6.88. The van der Waals surface area contributed by atoms with E-state index in [9.17, 15) is 0 Å². The maximum atomic E-state index is 6.72. The van der Waals surface area contributed by atoms with Crippen LogP contribution in [0, 0.1) is 0 Å². The minimum Gasteiger partial charge on any atom is -0.437 e. The summed E-state index contributed by atoms with van der Waals surface area (Å²) >= 11 is 0. The number of aromatic nitrogens is 3. The minimum absolute atomic E-state index is 0.278. The van der Waals surface area contributed by atoms with Gasteiger partial charge in [0.25, 0.3) is 0 Å². The number of benzene rings is 2. The van der Waals surface area contributed by atoms with Crippen LogP contribution in [0.5, 0.6) is 0 Å². The summed E-state index contributed by atoms with van der Waals surface area (Å²) in [4.78, 5) is 4.65. The topological polar surface area (TPSA) is 33.8 Å². The van der Waals surface area contributed by atoms with E-state index in [0.717, 1.165) is 60.6 Å². The zero-order valence-corrected chi connectivity index (χ0v) is 29.8. The van der Waals surface area contributed by atoms with Crippen LogP contribution in [0.2, 0.25) is 19.6 Å². The Morgan fingerprint density at radius 2 is 1.79 bits per heavy atom. The second-order valence-corrected chi connectivity index (χ2v) is 20.4. The molecule has 2 unspecified atom stereocenters. The van der Waals surface area contributed by atoms with Crippen molar-refractivity contribution in [3.05, 3.63) is 114 Å². The molecule has 0 amide bonds. The Hall–Kier alpha value is -4.35. The van der Waals surface area contributed by atoms with Crippen LogP contribution in [-0.4, -0.2) is 13.1 Å². The van der Waals surface area contributed by atoms with E-state index in [2.05, 4.69) is 108 Å². The summed E-state index contributed by atoms with van der Waals surface area (Å²) in [5.41, 5.74) is 15.4. The molecule has 0 bridgehead atoms. The third-order valence-electron chi connectivity index (χ3n) is 11.6. The summed E-state index contributed by atoms with van der Waals surface area (Å²) in [6.07, 6.45) is 15.4. The number of hydrogen-bond donors (Lipinski definition) is 0. The zero-order valence-electron chi connectivity index (χ0n) is 28.8. The third-order valence-corrected chi connectivity index (χ3v) is 13.6. The number of aryl methyl sites for hydroxylation is 3. The average molecular weight is 648 g/mol. The Morgan fingerprint density at radius 1 is 0.938 bits per heavy atom. The van der Waals surface area contributed by atoms with Crippen molar-refractivity contribution >= 4 is 41.0 Å². The molecule has 5 heteroatoms. The Balaban J connectivity index is 1.31. The van der Waals surface area contributed by atoms with Crippen LogP contribution in [0.1, 0.15) is 72.4 Å². The molecule has 0 radical (unpaired) electrons. The fourth-order valence-corrected chi connectivity index (χ4v) is 11.0. The lowest BCUT2D eigenvalue weighted by atomic mass is 9.76. The molecule has 0 saturated carbocycles. The maximum Gasteiger partial charge on any atom is 0.227 e. The van der Waals surface area contributed by atoms with E-state index in [1.807, 2.05) is 12.3 Å². The number of pyridine rings is 3. The zero-order chi connectivity index (χ0) is 32.7. The van der Waals surface area contributed by atoms with Gasteiger partial charge in [0.2, 0.25) is 17.1 Å². The predicted octanol–water partition coefficient (Wildman–Crippen LogP) is 9.02. The molecule has 48 heavy (non-hydrogen) atoms. The van der Waals surface area contributed by atoms with Crippen molar-refractivity contribution in [3.63, 3.8) is 0 Å². The van der Waals surface area contributed by atoms with Gasteiger partial charge in [-0.2, -0.15) is 9.13 Å². The summed E-state index contributed by atoms with van der Waals surface area (Å²) in [6.45, 7) is 14.7. The number of nitrogens with zero attached hydrogens (tertiary/aromatic N) is 3. The lowest BCUT2D eigenvalue weighted by Crippen LogP contribution is -2.54. The van der Waals surface area contributed by atoms with Crippen LogP contribution in [-0.2, 0) is 25.7 Å². The number of rotatable bonds is 2. The van der Waals surface area contributed by atoms with E-state index in [0.29, 0.717) is 11.6 Å². The van der Waals surface area contributed by atoms with Gasteiger partial charge in [-0.15, -0.1) is 0 Å². The normalized spacial score (nSPS) is 18.8. The third kappa shape index (κ3) is 4.50. The summed E-state index contributed by atoms with van der Waals surface area (Å²) in [5.74, 6) is 0.359. The van der Waals surface area contributed by atoms with Crippen molar-refractivity contribution in [1.82, 2.24) is 4.98 Å². The first-order chi connectivity index (χ1) is 23.3. The molecule has 1 aliphatic carbocycles. The van der Waals surface area contributed by atoms with E-state index in [-0.39, 0.29) is 6.04 Å². The molecule has 0 spiro atoms. The Labute approximate surface area is 284 Å². The van der Waals surface area contributed by atoms with Crippen LogP contribution >= 0.6 is 0 Å². The van der Waals surface area contributed by atoms with E-state index in [1.165, 1.54) is 63.2 Å². The van der Waals surface area contributed by atoms with Crippen molar-refractivity contribution in [2.24, 2.45) is 0 Å². The monoisotopic (exact) mass is 647 g/mol. The first kappa shape index (κ1) is 29.8. The lowest BCUT2D eigenvalue weighted by molar-refractivity contribution is -0.719. The van der Waals surface area contributed by atoms with E-state index in [4.69, 9.17) is 11.0 Å². The SMILES string of the molecule is C=C1CC2C(CCc3ccc4c(oc5ncccc54)c3-c3c4c(cc[n+]31)CCCC4)c1ccccc1-c1cc(CC)c([Si](C)(C)C)c[n+]12. The molecule has 2 aliphatic heterocycles. The van der Waals surface area contributed by atoms with E-state index >= 15 is 0 Å². The first-order valence-corrected chi connectivity index (χ1v) is 21.5. The highest BCUT2D eigenvalue weighted by Crippen LogP contribution is 2.46. The quantitative estimate of drug-likeness (QED) is 0.139. The van der Waals surface area contributed by atoms with Crippen LogP contribution in [0.4, 0.5) is 0 Å². The maximum absolute atomic E-state index is 6.72. The average Bonchev–Trinajstić information content (AvgIpc) is 3.48. The van der Waals surface area contributed by atoms with Crippen molar-refractivity contribution in [2.75, 3.05) is 0 Å². The van der Waals surface area contributed by atoms with Crippen molar-refractivity contribution < 1.29 is 13.6 Å².